The van der Waals surface area contributed by atoms with Gasteiger partial charge in [-0.25, -0.2) is 4.98 Å². The van der Waals surface area contributed by atoms with Crippen LogP contribution in [0.25, 0.3) is 0 Å². The number of hydrogen-bond acceptors (Lipinski definition) is 4. The average molecular weight is 263 g/mol. The summed E-state index contributed by atoms with van der Waals surface area (Å²) >= 11 is 0. The fourth-order valence-electron chi connectivity index (χ4n) is 1.97. The highest BCUT2D eigenvalue weighted by atomic mass is 16.5. The number of rotatable bonds is 8. The Hall–Kier alpha value is -1.66. The summed E-state index contributed by atoms with van der Waals surface area (Å²) in [6, 6.07) is 2.05. The van der Waals surface area contributed by atoms with Gasteiger partial charge >= 0.3 is 0 Å². The molecular formula is C13H21N5O. The summed E-state index contributed by atoms with van der Waals surface area (Å²) in [6.45, 7) is 3.24. The van der Waals surface area contributed by atoms with Gasteiger partial charge in [0.05, 0.1) is 13.2 Å². The van der Waals surface area contributed by atoms with Gasteiger partial charge in [-0.05, 0) is 6.07 Å². The van der Waals surface area contributed by atoms with Crippen LogP contribution in [0.2, 0.25) is 0 Å². The minimum Gasteiger partial charge on any atom is -0.383 e. The number of methoxy groups -OCH3 is 1. The zero-order valence-corrected chi connectivity index (χ0v) is 11.5. The first-order valence-corrected chi connectivity index (χ1v) is 6.48. The first kappa shape index (κ1) is 13.8. The van der Waals surface area contributed by atoms with E-state index in [4.69, 9.17) is 4.74 Å². The monoisotopic (exact) mass is 263 g/mol. The van der Waals surface area contributed by atoms with Crippen molar-refractivity contribution in [3.63, 3.8) is 0 Å². The van der Waals surface area contributed by atoms with Crippen LogP contribution in [0, 0.1) is 0 Å². The summed E-state index contributed by atoms with van der Waals surface area (Å²) in [5.74, 6) is 1.05. The first-order valence-electron chi connectivity index (χ1n) is 6.48. The molecule has 2 heterocycles. The molecule has 0 aliphatic carbocycles. The molecule has 104 valence electrons. The molecule has 0 amide bonds. The molecule has 0 saturated carbocycles. The Kier molecular flexibility index (Phi) is 5.11. The number of nitrogens with one attached hydrogen (secondary N) is 1. The lowest BCUT2D eigenvalue weighted by molar-refractivity contribution is 0.199. The largest absolute Gasteiger partial charge is 0.383 e. The second-order valence-electron chi connectivity index (χ2n) is 4.40. The molecule has 0 aliphatic heterocycles. The molecule has 0 fully saturated rings. The highest BCUT2D eigenvalue weighted by Crippen LogP contribution is 2.03. The van der Waals surface area contributed by atoms with Gasteiger partial charge in [0.15, 0.2) is 0 Å². The van der Waals surface area contributed by atoms with E-state index in [0.717, 1.165) is 38.5 Å². The Balaban J connectivity index is 1.83. The Morgan fingerprint density at radius 1 is 1.37 bits per heavy atom. The van der Waals surface area contributed by atoms with Crippen molar-refractivity contribution in [2.75, 3.05) is 20.3 Å². The second-order valence-corrected chi connectivity index (χ2v) is 4.40. The van der Waals surface area contributed by atoms with Gasteiger partial charge in [-0.15, -0.1) is 0 Å². The molecule has 19 heavy (non-hydrogen) atoms. The van der Waals surface area contributed by atoms with E-state index in [9.17, 15) is 0 Å². The van der Waals surface area contributed by atoms with Gasteiger partial charge in [0.2, 0.25) is 0 Å². The molecule has 6 heteroatoms. The molecule has 0 saturated heterocycles. The summed E-state index contributed by atoms with van der Waals surface area (Å²) in [7, 11) is 3.67. The van der Waals surface area contributed by atoms with Crippen LogP contribution in [0.15, 0.2) is 24.7 Å². The second kappa shape index (κ2) is 7.06. The lowest BCUT2D eigenvalue weighted by Crippen LogP contribution is -2.21. The van der Waals surface area contributed by atoms with Crippen LogP contribution in [0.5, 0.6) is 0 Å². The Bertz CT molecular complexity index is 491. The number of nitrogens with zero attached hydrogens (tertiary/aromatic N) is 4. The maximum Gasteiger partial charge on any atom is 0.122 e. The zero-order valence-electron chi connectivity index (χ0n) is 11.5. The third kappa shape index (κ3) is 3.90. The van der Waals surface area contributed by atoms with Gasteiger partial charge in [-0.2, -0.15) is 5.10 Å². The van der Waals surface area contributed by atoms with Crippen LogP contribution < -0.4 is 5.32 Å². The van der Waals surface area contributed by atoms with Crippen LogP contribution in [-0.4, -0.2) is 39.6 Å². The van der Waals surface area contributed by atoms with Gasteiger partial charge in [0.25, 0.3) is 0 Å². The Labute approximate surface area is 113 Å². The lowest BCUT2D eigenvalue weighted by Gasteiger charge is -2.09. The van der Waals surface area contributed by atoms with Gasteiger partial charge in [-0.3, -0.25) is 4.68 Å². The van der Waals surface area contributed by atoms with Gasteiger partial charge in [0, 0.05) is 58.0 Å². The molecular weight excluding hydrogens is 242 g/mol. The fraction of sp³-hybridized carbons (Fsp3) is 0.538. The summed E-state index contributed by atoms with van der Waals surface area (Å²) in [6.07, 6.45) is 6.65. The number of aryl methyl sites for hydroxylation is 3. The van der Waals surface area contributed by atoms with E-state index in [1.54, 1.807) is 7.11 Å². The summed E-state index contributed by atoms with van der Waals surface area (Å²) in [5.41, 5.74) is 1.23. The van der Waals surface area contributed by atoms with Crippen LogP contribution in [0.3, 0.4) is 0 Å². The zero-order chi connectivity index (χ0) is 13.5. The molecule has 0 radical (unpaired) electrons. The van der Waals surface area contributed by atoms with E-state index >= 15 is 0 Å². The van der Waals surface area contributed by atoms with Crippen LogP contribution in [-0.2, 0) is 31.3 Å². The van der Waals surface area contributed by atoms with Crippen molar-refractivity contribution in [1.29, 1.82) is 0 Å². The Morgan fingerprint density at radius 3 is 3.00 bits per heavy atom. The van der Waals surface area contributed by atoms with Crippen molar-refractivity contribution < 1.29 is 4.74 Å². The standard InChI is InChI=1S/C13H21N5O/c1-17-12(3-5-16-17)4-8-18-9-6-15-13(18)11-14-7-10-19-2/h3,5-6,9,14H,4,7-8,10-11H2,1-2H3. The average Bonchev–Trinajstić information content (AvgIpc) is 3.01. The van der Waals surface area contributed by atoms with Crippen molar-refractivity contribution in [1.82, 2.24) is 24.6 Å². The third-order valence-corrected chi connectivity index (χ3v) is 3.10. The SMILES string of the molecule is COCCNCc1nccn1CCc1ccnn1C. The van der Waals surface area contributed by atoms with Crippen molar-refractivity contribution >= 4 is 0 Å². The van der Waals surface area contributed by atoms with E-state index in [2.05, 4.69) is 20.0 Å². The van der Waals surface area contributed by atoms with Crippen LogP contribution in [0.4, 0.5) is 0 Å². The van der Waals surface area contributed by atoms with Crippen LogP contribution >= 0.6 is 0 Å². The first-order chi connectivity index (χ1) is 9.31. The topological polar surface area (TPSA) is 56.9 Å². The van der Waals surface area contributed by atoms with E-state index < -0.39 is 0 Å². The van der Waals surface area contributed by atoms with Crippen molar-refractivity contribution in [2.24, 2.45) is 7.05 Å². The van der Waals surface area contributed by atoms with Crippen molar-refractivity contribution in [2.45, 2.75) is 19.5 Å². The maximum absolute atomic E-state index is 5.00. The molecule has 0 atom stereocenters. The normalized spacial score (nSPS) is 11.1. The fourth-order valence-corrected chi connectivity index (χ4v) is 1.97. The molecule has 1 N–H and O–H groups in total. The quantitative estimate of drug-likeness (QED) is 0.708. The molecule has 2 aromatic rings. The number of aromatic nitrogens is 4. The molecule has 2 aromatic heterocycles. The van der Waals surface area contributed by atoms with E-state index in [1.807, 2.05) is 36.4 Å². The van der Waals surface area contributed by atoms with Gasteiger partial charge in [0.1, 0.15) is 5.82 Å². The Morgan fingerprint density at radius 2 is 2.26 bits per heavy atom. The molecule has 0 aromatic carbocycles. The molecule has 0 aliphatic rings. The van der Waals surface area contributed by atoms with E-state index in [1.165, 1.54) is 5.69 Å². The molecule has 0 spiro atoms. The van der Waals surface area contributed by atoms with Crippen molar-refractivity contribution in [3.05, 3.63) is 36.2 Å². The number of imidazole rings is 1. The minimum atomic E-state index is 0.718. The van der Waals surface area contributed by atoms with Crippen molar-refractivity contribution in [3.8, 4) is 0 Å². The third-order valence-electron chi connectivity index (χ3n) is 3.10. The molecule has 0 bridgehead atoms. The van der Waals surface area contributed by atoms with Gasteiger partial charge in [-0.1, -0.05) is 0 Å². The maximum atomic E-state index is 5.00. The summed E-state index contributed by atoms with van der Waals surface area (Å²) in [4.78, 5) is 4.37. The predicted molar refractivity (Wildman–Crippen MR) is 72.7 cm³/mol. The van der Waals surface area contributed by atoms with Gasteiger partial charge < -0.3 is 14.6 Å². The lowest BCUT2D eigenvalue weighted by atomic mass is 10.3. The van der Waals surface area contributed by atoms with E-state index in [0.29, 0.717) is 0 Å². The summed E-state index contributed by atoms with van der Waals surface area (Å²) < 4.78 is 9.09. The number of hydrogen-bond donors (Lipinski definition) is 1. The minimum absolute atomic E-state index is 0.718. The predicted octanol–water partition coefficient (Wildman–Crippen LogP) is 0.595. The highest BCUT2D eigenvalue weighted by Gasteiger charge is 2.04. The molecule has 6 nitrogen and oxygen atoms in total. The van der Waals surface area contributed by atoms with Crippen LogP contribution in [0.1, 0.15) is 11.5 Å². The smallest absolute Gasteiger partial charge is 0.122 e. The molecule has 2 rings (SSSR count). The highest BCUT2D eigenvalue weighted by molar-refractivity contribution is 5.01. The molecule has 0 unspecified atom stereocenters. The summed E-state index contributed by atoms with van der Waals surface area (Å²) in [5, 5.41) is 7.48. The number of ether oxygens (including phenoxy) is 1. The van der Waals surface area contributed by atoms with E-state index in [-0.39, 0.29) is 0 Å².